The highest BCUT2D eigenvalue weighted by Gasteiger charge is 2.16. The van der Waals surface area contributed by atoms with Gasteiger partial charge in [0.1, 0.15) is 10.4 Å². The van der Waals surface area contributed by atoms with E-state index in [-0.39, 0.29) is 5.56 Å². The molecule has 0 unspecified atom stereocenters. The van der Waals surface area contributed by atoms with Crippen LogP contribution in [0.2, 0.25) is 0 Å². The molecule has 4 rings (SSSR count). The summed E-state index contributed by atoms with van der Waals surface area (Å²) >= 11 is 1.45. The molecule has 0 N–H and O–H groups in total. The zero-order valence-corrected chi connectivity index (χ0v) is 16.1. The van der Waals surface area contributed by atoms with Crippen molar-refractivity contribution in [3.05, 3.63) is 58.0 Å². The lowest BCUT2D eigenvalue weighted by molar-refractivity contribution is 0.255. The number of thiophene rings is 1. The minimum absolute atomic E-state index is 0.0298. The van der Waals surface area contributed by atoms with Crippen LogP contribution in [0.5, 0.6) is 5.75 Å². The average Bonchev–Trinajstić information content (AvgIpc) is 3.31. The largest absolute Gasteiger partial charge is 0.494 e. The van der Waals surface area contributed by atoms with Gasteiger partial charge in [0, 0.05) is 13.6 Å². The zero-order chi connectivity index (χ0) is 18.8. The third-order valence-electron chi connectivity index (χ3n) is 4.50. The first-order chi connectivity index (χ1) is 13.1. The summed E-state index contributed by atoms with van der Waals surface area (Å²) in [5.41, 5.74) is 0.844. The van der Waals surface area contributed by atoms with Crippen LogP contribution >= 0.6 is 11.3 Å². The first-order valence-electron chi connectivity index (χ1n) is 8.82. The van der Waals surface area contributed by atoms with E-state index in [4.69, 9.17) is 4.74 Å². The van der Waals surface area contributed by atoms with Gasteiger partial charge in [-0.2, -0.15) is 0 Å². The average molecular weight is 383 g/mol. The highest BCUT2D eigenvalue weighted by Crippen LogP contribution is 2.19. The van der Waals surface area contributed by atoms with Gasteiger partial charge in [-0.1, -0.05) is 18.2 Å². The molecule has 0 saturated heterocycles. The highest BCUT2D eigenvalue weighted by molar-refractivity contribution is 7.17. The van der Waals surface area contributed by atoms with Crippen LogP contribution in [0, 0.1) is 0 Å². The lowest BCUT2D eigenvalue weighted by Gasteiger charge is -2.16. The fourth-order valence-electron chi connectivity index (χ4n) is 3.12. The predicted octanol–water partition coefficient (Wildman–Crippen LogP) is 2.54. The summed E-state index contributed by atoms with van der Waals surface area (Å²) in [4.78, 5) is 14.6. The zero-order valence-electron chi connectivity index (χ0n) is 15.3. The summed E-state index contributed by atoms with van der Waals surface area (Å²) in [6, 6.07) is 11.8. The summed E-state index contributed by atoms with van der Waals surface area (Å²) in [6.07, 6.45) is 0.911. The van der Waals surface area contributed by atoms with Gasteiger partial charge in [0.25, 0.3) is 5.56 Å². The van der Waals surface area contributed by atoms with Crippen molar-refractivity contribution in [1.82, 2.24) is 24.1 Å². The molecule has 1 aromatic carbocycles. The quantitative estimate of drug-likeness (QED) is 0.459. The summed E-state index contributed by atoms with van der Waals surface area (Å²) in [7, 11) is 3.79. The lowest BCUT2D eigenvalue weighted by atomic mass is 10.3. The fourth-order valence-corrected chi connectivity index (χ4v) is 3.97. The third kappa shape index (κ3) is 3.45. The molecule has 0 atom stereocenters. The number of fused-ring (bicyclic) bond motifs is 3. The minimum atomic E-state index is -0.0298. The van der Waals surface area contributed by atoms with Crippen molar-refractivity contribution in [2.75, 3.05) is 20.2 Å². The van der Waals surface area contributed by atoms with E-state index >= 15 is 0 Å². The van der Waals surface area contributed by atoms with Crippen molar-refractivity contribution in [2.24, 2.45) is 7.05 Å². The Labute approximate surface area is 160 Å². The Morgan fingerprint density at radius 2 is 2.00 bits per heavy atom. The lowest BCUT2D eigenvalue weighted by Crippen LogP contribution is -2.23. The van der Waals surface area contributed by atoms with Crippen LogP contribution in [0.1, 0.15) is 12.2 Å². The second-order valence-electron chi connectivity index (χ2n) is 6.50. The molecule has 0 saturated carbocycles. The van der Waals surface area contributed by atoms with E-state index in [0.717, 1.165) is 34.8 Å². The van der Waals surface area contributed by atoms with Crippen molar-refractivity contribution in [1.29, 1.82) is 0 Å². The Bertz CT molecular complexity index is 1120. The summed E-state index contributed by atoms with van der Waals surface area (Å²) in [5.74, 6) is 2.29. The summed E-state index contributed by atoms with van der Waals surface area (Å²) in [6.45, 7) is 2.19. The monoisotopic (exact) mass is 383 g/mol. The number of aryl methyl sites for hydroxylation is 1. The van der Waals surface area contributed by atoms with E-state index in [1.54, 1.807) is 11.6 Å². The number of benzene rings is 1. The van der Waals surface area contributed by atoms with E-state index in [2.05, 4.69) is 22.1 Å². The number of ether oxygens (including phenoxy) is 1. The molecule has 27 heavy (non-hydrogen) atoms. The first kappa shape index (κ1) is 17.7. The molecule has 0 radical (unpaired) electrons. The third-order valence-corrected chi connectivity index (χ3v) is 5.40. The second kappa shape index (κ2) is 7.50. The second-order valence-corrected chi connectivity index (χ2v) is 7.42. The molecule has 7 nitrogen and oxygen atoms in total. The van der Waals surface area contributed by atoms with Gasteiger partial charge in [-0.15, -0.1) is 21.5 Å². The van der Waals surface area contributed by atoms with Crippen LogP contribution in [-0.4, -0.2) is 44.3 Å². The number of para-hydroxylation sites is 1. The maximum atomic E-state index is 12.4. The van der Waals surface area contributed by atoms with Gasteiger partial charge in [0.15, 0.2) is 5.82 Å². The Hall–Kier alpha value is -2.71. The van der Waals surface area contributed by atoms with Gasteiger partial charge >= 0.3 is 0 Å². The van der Waals surface area contributed by atoms with E-state index in [9.17, 15) is 4.79 Å². The topological polar surface area (TPSA) is 64.7 Å². The van der Waals surface area contributed by atoms with Gasteiger partial charge in [0.2, 0.25) is 5.78 Å². The number of hydrogen-bond donors (Lipinski definition) is 0. The van der Waals surface area contributed by atoms with E-state index < -0.39 is 0 Å². The van der Waals surface area contributed by atoms with E-state index in [0.29, 0.717) is 18.9 Å². The van der Waals surface area contributed by atoms with Crippen molar-refractivity contribution in [3.8, 4) is 5.75 Å². The van der Waals surface area contributed by atoms with Crippen molar-refractivity contribution >= 4 is 27.3 Å². The van der Waals surface area contributed by atoms with Gasteiger partial charge in [-0.05, 0) is 37.0 Å². The summed E-state index contributed by atoms with van der Waals surface area (Å²) in [5, 5.41) is 10.5. The molecule has 0 bridgehead atoms. The molecule has 0 aliphatic heterocycles. The van der Waals surface area contributed by atoms with Crippen molar-refractivity contribution in [2.45, 2.75) is 13.0 Å². The van der Waals surface area contributed by atoms with Gasteiger partial charge in [0.05, 0.1) is 18.7 Å². The maximum Gasteiger partial charge on any atom is 0.272 e. The molecule has 3 aromatic heterocycles. The predicted molar refractivity (Wildman–Crippen MR) is 106 cm³/mol. The van der Waals surface area contributed by atoms with Crippen LogP contribution in [0.3, 0.4) is 0 Å². The van der Waals surface area contributed by atoms with Gasteiger partial charge in [-0.25, -0.2) is 0 Å². The van der Waals surface area contributed by atoms with Crippen molar-refractivity contribution in [3.63, 3.8) is 0 Å². The molecule has 0 fully saturated rings. The Morgan fingerprint density at radius 3 is 2.81 bits per heavy atom. The molecule has 8 heteroatoms. The van der Waals surface area contributed by atoms with Gasteiger partial charge < -0.3 is 4.74 Å². The normalized spacial score (nSPS) is 11.7. The van der Waals surface area contributed by atoms with Crippen LogP contribution < -0.4 is 10.3 Å². The first-order valence-corrected chi connectivity index (χ1v) is 9.69. The van der Waals surface area contributed by atoms with Crippen LogP contribution in [0.4, 0.5) is 0 Å². The molecule has 0 aliphatic carbocycles. The minimum Gasteiger partial charge on any atom is -0.494 e. The van der Waals surface area contributed by atoms with Crippen molar-refractivity contribution < 1.29 is 4.74 Å². The number of hydrogen-bond acceptors (Lipinski definition) is 6. The van der Waals surface area contributed by atoms with Crippen LogP contribution in [0.15, 0.2) is 46.6 Å². The molecular weight excluding hydrogens is 362 g/mol. The Morgan fingerprint density at radius 1 is 1.19 bits per heavy atom. The SMILES string of the molecule is CN(CCCOc1ccccc1)Cc1nnc2n(C)c(=O)c3sccc3n12. The Kier molecular flexibility index (Phi) is 4.91. The molecule has 4 aromatic rings. The fraction of sp³-hybridized carbons (Fsp3) is 0.316. The molecule has 140 valence electrons. The standard InChI is InChI=1S/C19H21N5O2S/c1-22(10-6-11-26-14-7-4-3-5-8-14)13-16-20-21-19-23(2)18(25)17-15(24(16)19)9-12-27-17/h3-5,7-9,12H,6,10-11,13H2,1-2H3. The number of nitrogens with zero attached hydrogens (tertiary/aromatic N) is 5. The smallest absolute Gasteiger partial charge is 0.272 e. The molecular formula is C19H21N5O2S. The van der Waals surface area contributed by atoms with Crippen LogP contribution in [0.25, 0.3) is 16.0 Å². The van der Waals surface area contributed by atoms with E-state index in [1.165, 1.54) is 11.3 Å². The number of aromatic nitrogens is 4. The van der Waals surface area contributed by atoms with Gasteiger partial charge in [-0.3, -0.25) is 18.7 Å². The molecule has 0 amide bonds. The maximum absolute atomic E-state index is 12.4. The van der Waals surface area contributed by atoms with E-state index in [1.807, 2.05) is 46.2 Å². The highest BCUT2D eigenvalue weighted by atomic mass is 32.1. The molecule has 0 aliphatic rings. The number of rotatable bonds is 7. The van der Waals surface area contributed by atoms with Crippen LogP contribution in [-0.2, 0) is 13.6 Å². The molecule has 3 heterocycles. The summed E-state index contributed by atoms with van der Waals surface area (Å²) < 4.78 is 10.0. The molecule has 0 spiro atoms. The Balaban J connectivity index is 1.45.